The largest absolute Gasteiger partial charge is 0.398 e. The number of nitrogen functional groups attached to an aromatic ring is 1. The van der Waals surface area contributed by atoms with Gasteiger partial charge in [-0.3, -0.25) is 0 Å². The average molecular weight is 264 g/mol. The van der Waals surface area contributed by atoms with Gasteiger partial charge in [0.2, 0.25) is 0 Å². The first-order valence-corrected chi connectivity index (χ1v) is 6.74. The van der Waals surface area contributed by atoms with Crippen LogP contribution >= 0.6 is 0 Å². The number of nitrogens with zero attached hydrogens (tertiary/aromatic N) is 3. The van der Waals surface area contributed by atoms with Crippen molar-refractivity contribution in [3.63, 3.8) is 0 Å². The molecule has 4 nitrogen and oxygen atoms in total. The minimum absolute atomic E-state index is 0.453. The molecule has 0 unspecified atom stereocenters. The quantitative estimate of drug-likeness (QED) is 0.862. The first-order chi connectivity index (χ1) is 9.78. The van der Waals surface area contributed by atoms with Gasteiger partial charge in [0.1, 0.15) is 11.8 Å². The summed E-state index contributed by atoms with van der Waals surface area (Å²) >= 11 is 0. The van der Waals surface area contributed by atoms with E-state index in [1.165, 1.54) is 12.8 Å². The number of aromatic nitrogens is 1. The van der Waals surface area contributed by atoms with E-state index in [2.05, 4.69) is 22.0 Å². The smallest absolute Gasteiger partial charge is 0.142 e. The summed E-state index contributed by atoms with van der Waals surface area (Å²) < 4.78 is 0. The summed E-state index contributed by atoms with van der Waals surface area (Å²) in [5.74, 6) is 0. The number of anilines is 2. The van der Waals surface area contributed by atoms with Crippen molar-refractivity contribution in [1.29, 1.82) is 5.26 Å². The minimum Gasteiger partial charge on any atom is -0.398 e. The zero-order valence-corrected chi connectivity index (χ0v) is 11.2. The predicted octanol–water partition coefficient (Wildman–Crippen LogP) is 2.70. The maximum absolute atomic E-state index is 8.98. The number of nitriles is 1. The summed E-state index contributed by atoms with van der Waals surface area (Å²) in [4.78, 5) is 6.35. The van der Waals surface area contributed by atoms with E-state index >= 15 is 0 Å². The first kappa shape index (κ1) is 12.5. The molecule has 1 aliphatic rings. The molecular weight excluding hydrogens is 248 g/mol. The van der Waals surface area contributed by atoms with Crippen LogP contribution in [0, 0.1) is 11.3 Å². The van der Waals surface area contributed by atoms with Crippen LogP contribution in [0.5, 0.6) is 0 Å². The third-order valence-corrected chi connectivity index (χ3v) is 3.57. The van der Waals surface area contributed by atoms with Gasteiger partial charge in [0.05, 0.1) is 0 Å². The zero-order valence-electron chi connectivity index (χ0n) is 11.2. The lowest BCUT2D eigenvalue weighted by Gasteiger charge is -2.25. The SMILES string of the molecule is N#Cc1cc(N(Cc2ccccc2N)C2CC2)ccn1. The molecule has 1 saturated carbocycles. The lowest BCUT2D eigenvalue weighted by Crippen LogP contribution is -2.25. The van der Waals surface area contributed by atoms with Crippen LogP contribution in [0.4, 0.5) is 11.4 Å². The van der Waals surface area contributed by atoms with E-state index in [9.17, 15) is 0 Å². The molecule has 20 heavy (non-hydrogen) atoms. The second-order valence-corrected chi connectivity index (χ2v) is 5.07. The number of hydrogen-bond acceptors (Lipinski definition) is 4. The molecule has 1 aliphatic carbocycles. The van der Waals surface area contributed by atoms with Gasteiger partial charge in [0.25, 0.3) is 0 Å². The summed E-state index contributed by atoms with van der Waals surface area (Å²) in [6.45, 7) is 0.770. The number of hydrogen-bond donors (Lipinski definition) is 1. The Hall–Kier alpha value is -2.54. The Morgan fingerprint density at radius 2 is 2.10 bits per heavy atom. The normalized spacial score (nSPS) is 13.8. The molecule has 0 spiro atoms. The topological polar surface area (TPSA) is 65.9 Å². The van der Waals surface area contributed by atoms with Crippen molar-refractivity contribution < 1.29 is 0 Å². The molecule has 4 heteroatoms. The Morgan fingerprint density at radius 1 is 1.30 bits per heavy atom. The highest BCUT2D eigenvalue weighted by Crippen LogP contribution is 2.33. The maximum atomic E-state index is 8.98. The standard InChI is InChI=1S/C16H16N4/c17-10-13-9-15(7-8-19-13)20(14-5-6-14)11-12-3-1-2-4-16(12)18/h1-4,7-9,14H,5-6,11,18H2. The van der Waals surface area contributed by atoms with Crippen LogP contribution < -0.4 is 10.6 Å². The van der Waals surface area contributed by atoms with Crippen LogP contribution in [0.2, 0.25) is 0 Å². The van der Waals surface area contributed by atoms with Gasteiger partial charge in [0.15, 0.2) is 0 Å². The summed E-state index contributed by atoms with van der Waals surface area (Å²) in [5.41, 5.74) is 9.46. The Bertz CT molecular complexity index is 656. The molecule has 2 aromatic rings. The number of benzene rings is 1. The Balaban J connectivity index is 1.90. The van der Waals surface area contributed by atoms with Crippen molar-refractivity contribution in [2.45, 2.75) is 25.4 Å². The lowest BCUT2D eigenvalue weighted by atomic mass is 10.1. The fourth-order valence-corrected chi connectivity index (χ4v) is 2.34. The Morgan fingerprint density at radius 3 is 2.80 bits per heavy atom. The highest BCUT2D eigenvalue weighted by atomic mass is 15.2. The van der Waals surface area contributed by atoms with E-state index in [0.29, 0.717) is 11.7 Å². The fraction of sp³-hybridized carbons (Fsp3) is 0.250. The van der Waals surface area contributed by atoms with Crippen LogP contribution in [-0.2, 0) is 6.54 Å². The van der Waals surface area contributed by atoms with Crippen molar-refractivity contribution in [2.75, 3.05) is 10.6 Å². The number of para-hydroxylation sites is 1. The van der Waals surface area contributed by atoms with Crippen LogP contribution in [0.1, 0.15) is 24.1 Å². The molecule has 0 bridgehead atoms. The average Bonchev–Trinajstić information content (AvgIpc) is 3.31. The zero-order chi connectivity index (χ0) is 13.9. The number of nitrogens with two attached hydrogens (primary N) is 1. The van der Waals surface area contributed by atoms with Gasteiger partial charge in [-0.15, -0.1) is 0 Å². The molecule has 1 fully saturated rings. The minimum atomic E-state index is 0.453. The van der Waals surface area contributed by atoms with Gasteiger partial charge in [-0.05, 0) is 36.6 Å². The molecule has 1 aromatic carbocycles. The molecule has 0 aliphatic heterocycles. The highest BCUT2D eigenvalue weighted by Gasteiger charge is 2.29. The second-order valence-electron chi connectivity index (χ2n) is 5.07. The molecular formula is C16H16N4. The summed E-state index contributed by atoms with van der Waals surface area (Å²) in [6.07, 6.45) is 4.07. The van der Waals surface area contributed by atoms with E-state index in [1.54, 1.807) is 6.20 Å². The third-order valence-electron chi connectivity index (χ3n) is 3.57. The van der Waals surface area contributed by atoms with E-state index in [0.717, 1.165) is 23.5 Å². The Labute approximate surface area is 118 Å². The van der Waals surface area contributed by atoms with Crippen LogP contribution in [-0.4, -0.2) is 11.0 Å². The third kappa shape index (κ3) is 2.57. The van der Waals surface area contributed by atoms with E-state index in [-0.39, 0.29) is 0 Å². The molecule has 3 rings (SSSR count). The van der Waals surface area contributed by atoms with E-state index < -0.39 is 0 Å². The van der Waals surface area contributed by atoms with E-state index in [1.807, 2.05) is 30.3 Å². The van der Waals surface area contributed by atoms with Crippen molar-refractivity contribution in [3.8, 4) is 6.07 Å². The molecule has 0 saturated heterocycles. The van der Waals surface area contributed by atoms with Gasteiger partial charge < -0.3 is 10.6 Å². The second kappa shape index (κ2) is 5.22. The first-order valence-electron chi connectivity index (χ1n) is 6.74. The molecule has 1 heterocycles. The van der Waals surface area contributed by atoms with Crippen molar-refractivity contribution in [2.24, 2.45) is 0 Å². The van der Waals surface area contributed by atoms with Crippen molar-refractivity contribution >= 4 is 11.4 Å². The maximum Gasteiger partial charge on any atom is 0.142 e. The van der Waals surface area contributed by atoms with Crippen molar-refractivity contribution in [1.82, 2.24) is 4.98 Å². The molecule has 0 amide bonds. The monoisotopic (exact) mass is 264 g/mol. The van der Waals surface area contributed by atoms with Crippen LogP contribution in [0.25, 0.3) is 0 Å². The summed E-state index contributed by atoms with van der Waals surface area (Å²) in [5, 5.41) is 8.98. The van der Waals surface area contributed by atoms with Gasteiger partial charge in [-0.2, -0.15) is 5.26 Å². The van der Waals surface area contributed by atoms with Gasteiger partial charge in [0, 0.05) is 30.2 Å². The lowest BCUT2D eigenvalue weighted by molar-refractivity contribution is 0.794. The molecule has 0 radical (unpaired) electrons. The van der Waals surface area contributed by atoms with Gasteiger partial charge >= 0.3 is 0 Å². The summed E-state index contributed by atoms with van der Waals surface area (Å²) in [6, 6.07) is 14.4. The van der Waals surface area contributed by atoms with Crippen LogP contribution in [0.15, 0.2) is 42.6 Å². The van der Waals surface area contributed by atoms with E-state index in [4.69, 9.17) is 11.0 Å². The fourth-order valence-electron chi connectivity index (χ4n) is 2.34. The Kier molecular flexibility index (Phi) is 3.26. The number of pyridine rings is 1. The van der Waals surface area contributed by atoms with Crippen molar-refractivity contribution in [3.05, 3.63) is 53.9 Å². The summed E-state index contributed by atoms with van der Waals surface area (Å²) in [7, 11) is 0. The molecule has 1 aromatic heterocycles. The van der Waals surface area contributed by atoms with Gasteiger partial charge in [-0.1, -0.05) is 18.2 Å². The number of rotatable bonds is 4. The van der Waals surface area contributed by atoms with Crippen LogP contribution in [0.3, 0.4) is 0 Å². The molecule has 100 valence electrons. The molecule has 0 atom stereocenters. The predicted molar refractivity (Wildman–Crippen MR) is 79.0 cm³/mol. The highest BCUT2D eigenvalue weighted by molar-refractivity contribution is 5.54. The van der Waals surface area contributed by atoms with Gasteiger partial charge in [-0.25, -0.2) is 4.98 Å². The molecule has 2 N–H and O–H groups in total.